The number of benzene rings is 1. The Kier molecular flexibility index (Phi) is 4.29. The Labute approximate surface area is 145 Å². The van der Waals surface area contributed by atoms with Crippen molar-refractivity contribution in [3.63, 3.8) is 0 Å². The van der Waals surface area contributed by atoms with Gasteiger partial charge in [-0.2, -0.15) is 0 Å². The Hall–Kier alpha value is -1.33. The van der Waals surface area contributed by atoms with Crippen LogP contribution in [0, 0.1) is 12.8 Å². The van der Waals surface area contributed by atoms with Gasteiger partial charge in [0.2, 0.25) is 0 Å². The summed E-state index contributed by atoms with van der Waals surface area (Å²) in [7, 11) is -0.525. The molecule has 0 radical (unpaired) electrons. The summed E-state index contributed by atoms with van der Waals surface area (Å²) >= 11 is 0. The maximum absolute atomic E-state index is 12.0. The lowest BCUT2D eigenvalue weighted by Gasteiger charge is -2.32. The van der Waals surface area contributed by atoms with Crippen LogP contribution in [0.15, 0.2) is 12.1 Å². The normalized spacial score (nSPS) is 21.8. The summed E-state index contributed by atoms with van der Waals surface area (Å²) in [5, 5.41) is 0. The molecule has 5 heteroatoms. The Bertz CT molecular complexity index is 646. The number of ether oxygens (including phenoxy) is 1. The molecule has 1 aliphatic heterocycles. The number of hydrogen-bond acceptors (Lipinski definition) is 4. The first-order chi connectivity index (χ1) is 11.1. The number of rotatable bonds is 5. The van der Waals surface area contributed by atoms with E-state index in [0.717, 1.165) is 16.8 Å². The first-order valence-electron chi connectivity index (χ1n) is 8.74. The summed E-state index contributed by atoms with van der Waals surface area (Å²) < 4.78 is 18.4. The molecule has 0 aromatic heterocycles. The molecular weight excluding hydrogens is 303 g/mol. The minimum absolute atomic E-state index is 0.0408. The van der Waals surface area contributed by atoms with Gasteiger partial charge in [0.1, 0.15) is 5.75 Å². The number of carbonyl (C=O) groups is 1. The molecule has 4 nitrogen and oxygen atoms in total. The van der Waals surface area contributed by atoms with Crippen molar-refractivity contribution in [2.75, 3.05) is 6.61 Å². The fourth-order valence-corrected chi connectivity index (χ4v) is 2.85. The van der Waals surface area contributed by atoms with Crippen molar-refractivity contribution in [1.82, 2.24) is 0 Å². The second kappa shape index (κ2) is 5.89. The van der Waals surface area contributed by atoms with Crippen LogP contribution in [0.25, 0.3) is 0 Å². The number of hydrogen-bond donors (Lipinski definition) is 0. The highest BCUT2D eigenvalue weighted by atomic mass is 16.7. The van der Waals surface area contributed by atoms with Crippen LogP contribution < -0.4 is 10.2 Å². The summed E-state index contributed by atoms with van der Waals surface area (Å²) in [6.07, 6.45) is 2.46. The molecule has 0 amide bonds. The third kappa shape index (κ3) is 3.24. The van der Waals surface area contributed by atoms with Crippen molar-refractivity contribution in [1.29, 1.82) is 0 Å². The standard InChI is InChI=1S/C19H27BO4/c1-12-9-17(22-11-14-7-8-14)16(10-15(12)13(2)21)20-23-18(3,4)19(5,6)24-20/h9-10,14H,7-8,11H2,1-6H3. The lowest BCUT2D eigenvalue weighted by atomic mass is 9.76. The summed E-state index contributed by atoms with van der Waals surface area (Å²) in [5.74, 6) is 1.46. The topological polar surface area (TPSA) is 44.8 Å². The minimum Gasteiger partial charge on any atom is -0.494 e. The van der Waals surface area contributed by atoms with E-state index in [1.165, 1.54) is 12.8 Å². The summed E-state index contributed by atoms with van der Waals surface area (Å²) in [6, 6.07) is 3.82. The molecular formula is C19H27BO4. The molecule has 24 heavy (non-hydrogen) atoms. The van der Waals surface area contributed by atoms with E-state index in [-0.39, 0.29) is 5.78 Å². The summed E-state index contributed by atoms with van der Waals surface area (Å²) in [5.41, 5.74) is 1.58. The van der Waals surface area contributed by atoms with Gasteiger partial charge in [0.05, 0.1) is 17.8 Å². The second-order valence-electron chi connectivity index (χ2n) is 8.10. The molecule has 1 heterocycles. The lowest BCUT2D eigenvalue weighted by Crippen LogP contribution is -2.41. The van der Waals surface area contributed by atoms with Crippen molar-refractivity contribution in [2.24, 2.45) is 5.92 Å². The molecule has 2 aliphatic rings. The van der Waals surface area contributed by atoms with Crippen LogP contribution in [0.1, 0.15) is 63.4 Å². The van der Waals surface area contributed by atoms with E-state index in [2.05, 4.69) is 0 Å². The van der Waals surface area contributed by atoms with Crippen LogP contribution in [-0.2, 0) is 9.31 Å². The molecule has 3 rings (SSSR count). The number of aryl methyl sites for hydroxylation is 1. The van der Waals surface area contributed by atoms with Crippen molar-refractivity contribution in [3.8, 4) is 5.75 Å². The third-order valence-electron chi connectivity index (χ3n) is 5.41. The van der Waals surface area contributed by atoms with Gasteiger partial charge in [-0.15, -0.1) is 0 Å². The molecule has 0 atom stereocenters. The van der Waals surface area contributed by atoms with E-state index >= 15 is 0 Å². The zero-order valence-corrected chi connectivity index (χ0v) is 15.6. The van der Waals surface area contributed by atoms with Gasteiger partial charge in [-0.25, -0.2) is 0 Å². The molecule has 1 saturated heterocycles. The van der Waals surface area contributed by atoms with Crippen molar-refractivity contribution in [2.45, 2.75) is 65.6 Å². The average Bonchev–Trinajstić information content (AvgIpc) is 3.23. The number of carbonyl (C=O) groups excluding carboxylic acids is 1. The molecule has 1 aromatic rings. The zero-order chi connectivity index (χ0) is 17.7. The predicted molar refractivity (Wildman–Crippen MR) is 95.1 cm³/mol. The molecule has 0 bridgehead atoms. The fourth-order valence-electron chi connectivity index (χ4n) is 2.85. The van der Waals surface area contributed by atoms with Crippen LogP contribution in [0.3, 0.4) is 0 Å². The Morgan fingerprint density at radius 1 is 1.21 bits per heavy atom. The highest BCUT2D eigenvalue weighted by Crippen LogP contribution is 2.37. The predicted octanol–water partition coefficient (Wildman–Crippen LogP) is 3.29. The van der Waals surface area contributed by atoms with Crippen molar-refractivity contribution in [3.05, 3.63) is 23.3 Å². The molecule has 1 aromatic carbocycles. The van der Waals surface area contributed by atoms with E-state index < -0.39 is 18.3 Å². The smallest absolute Gasteiger partial charge is 0.494 e. The van der Waals surface area contributed by atoms with Crippen LogP contribution in [-0.4, -0.2) is 30.7 Å². The number of Topliss-reactive ketones (excluding diaryl/α,β-unsaturated/α-hetero) is 1. The Morgan fingerprint density at radius 3 is 2.29 bits per heavy atom. The first-order valence-corrected chi connectivity index (χ1v) is 8.74. The van der Waals surface area contributed by atoms with Gasteiger partial charge in [0.25, 0.3) is 0 Å². The molecule has 2 fully saturated rings. The van der Waals surface area contributed by atoms with Gasteiger partial charge >= 0.3 is 7.12 Å². The Balaban J connectivity index is 1.97. The van der Waals surface area contributed by atoms with Crippen molar-refractivity contribution >= 4 is 18.4 Å². The second-order valence-corrected chi connectivity index (χ2v) is 8.10. The third-order valence-corrected chi connectivity index (χ3v) is 5.41. The zero-order valence-electron chi connectivity index (χ0n) is 15.6. The SMILES string of the molecule is CC(=O)c1cc(B2OC(C)(C)C(C)(C)O2)c(OCC2CC2)cc1C. The number of ketones is 1. The summed E-state index contributed by atoms with van der Waals surface area (Å²) in [4.78, 5) is 12.0. The van der Waals surface area contributed by atoms with Crippen LogP contribution in [0.4, 0.5) is 0 Å². The van der Waals surface area contributed by atoms with E-state index in [1.54, 1.807) is 6.92 Å². The largest absolute Gasteiger partial charge is 0.498 e. The van der Waals surface area contributed by atoms with E-state index in [4.69, 9.17) is 14.0 Å². The van der Waals surface area contributed by atoms with Gasteiger partial charge in [0, 0.05) is 11.0 Å². The van der Waals surface area contributed by atoms with Gasteiger partial charge in [-0.3, -0.25) is 4.79 Å². The van der Waals surface area contributed by atoms with Gasteiger partial charge in [0.15, 0.2) is 5.78 Å². The summed E-state index contributed by atoms with van der Waals surface area (Å²) in [6.45, 7) is 12.3. The van der Waals surface area contributed by atoms with Gasteiger partial charge in [-0.05, 0) is 78.0 Å². The maximum atomic E-state index is 12.0. The van der Waals surface area contributed by atoms with Gasteiger partial charge < -0.3 is 14.0 Å². The highest BCUT2D eigenvalue weighted by molar-refractivity contribution is 6.63. The minimum atomic E-state index is -0.525. The van der Waals surface area contributed by atoms with Crippen LogP contribution in [0.5, 0.6) is 5.75 Å². The van der Waals surface area contributed by atoms with E-state index in [9.17, 15) is 4.79 Å². The van der Waals surface area contributed by atoms with Crippen LogP contribution in [0.2, 0.25) is 0 Å². The Morgan fingerprint density at radius 2 is 1.79 bits per heavy atom. The van der Waals surface area contributed by atoms with Crippen LogP contribution >= 0.6 is 0 Å². The lowest BCUT2D eigenvalue weighted by molar-refractivity contribution is 0.00578. The van der Waals surface area contributed by atoms with E-state index in [0.29, 0.717) is 18.1 Å². The molecule has 1 aliphatic carbocycles. The first kappa shape index (κ1) is 17.5. The highest BCUT2D eigenvalue weighted by Gasteiger charge is 2.52. The monoisotopic (exact) mass is 330 g/mol. The molecule has 0 N–H and O–H groups in total. The maximum Gasteiger partial charge on any atom is 0.498 e. The molecule has 1 saturated carbocycles. The fraction of sp³-hybridized carbons (Fsp3) is 0.632. The molecule has 130 valence electrons. The van der Waals surface area contributed by atoms with Gasteiger partial charge in [-0.1, -0.05) is 0 Å². The average molecular weight is 330 g/mol. The van der Waals surface area contributed by atoms with Crippen molar-refractivity contribution < 1.29 is 18.8 Å². The molecule has 0 unspecified atom stereocenters. The molecule has 0 spiro atoms. The quantitative estimate of drug-likeness (QED) is 0.614. The van der Waals surface area contributed by atoms with E-state index in [1.807, 2.05) is 46.8 Å².